The Hall–Kier alpha value is -1.76. The normalized spacial score (nSPS) is 25.1. The van der Waals surface area contributed by atoms with E-state index in [4.69, 9.17) is 10.5 Å². The third kappa shape index (κ3) is 1.49. The van der Waals surface area contributed by atoms with Gasteiger partial charge < -0.3 is 10.5 Å². The second-order valence-electron chi connectivity index (χ2n) is 3.95. The standard InChI is InChI=1S/C9H12N6O/c10-6-2-1-3-7(6)16-9-5-11-4-8-12-13-14-15(8)9/h4-7H,1-3,10H2. The van der Waals surface area contributed by atoms with Gasteiger partial charge in [-0.3, -0.25) is 4.98 Å². The lowest BCUT2D eigenvalue weighted by Crippen LogP contribution is -2.34. The molecular weight excluding hydrogens is 208 g/mol. The van der Waals surface area contributed by atoms with Crippen LogP contribution in [0.15, 0.2) is 12.4 Å². The van der Waals surface area contributed by atoms with Gasteiger partial charge in [0.25, 0.3) is 0 Å². The second kappa shape index (κ2) is 3.67. The molecule has 1 aliphatic carbocycles. The van der Waals surface area contributed by atoms with Gasteiger partial charge in [-0.05, 0) is 29.7 Å². The number of nitrogens with zero attached hydrogens (tertiary/aromatic N) is 5. The van der Waals surface area contributed by atoms with Crippen LogP contribution < -0.4 is 10.5 Å². The summed E-state index contributed by atoms with van der Waals surface area (Å²) in [6, 6.07) is 0.0896. The minimum absolute atomic E-state index is 0.0385. The average molecular weight is 220 g/mol. The minimum atomic E-state index is 0.0385. The molecule has 1 aliphatic rings. The van der Waals surface area contributed by atoms with Crippen molar-refractivity contribution in [1.29, 1.82) is 0 Å². The predicted octanol–water partition coefficient (Wildman–Crippen LogP) is -0.222. The van der Waals surface area contributed by atoms with Gasteiger partial charge >= 0.3 is 0 Å². The molecule has 2 unspecified atom stereocenters. The molecule has 2 atom stereocenters. The number of ether oxygens (including phenoxy) is 1. The second-order valence-corrected chi connectivity index (χ2v) is 3.95. The van der Waals surface area contributed by atoms with Crippen molar-refractivity contribution in [1.82, 2.24) is 25.0 Å². The molecule has 0 amide bonds. The number of fused-ring (bicyclic) bond motifs is 1. The largest absolute Gasteiger partial charge is 0.471 e. The summed E-state index contributed by atoms with van der Waals surface area (Å²) >= 11 is 0. The smallest absolute Gasteiger partial charge is 0.237 e. The highest BCUT2D eigenvalue weighted by Crippen LogP contribution is 2.22. The Labute approximate surface area is 91.6 Å². The molecule has 84 valence electrons. The predicted molar refractivity (Wildman–Crippen MR) is 54.8 cm³/mol. The summed E-state index contributed by atoms with van der Waals surface area (Å²) in [7, 11) is 0. The van der Waals surface area contributed by atoms with Crippen LogP contribution in [-0.4, -0.2) is 37.2 Å². The molecule has 0 saturated heterocycles. The number of rotatable bonds is 2. The third-order valence-corrected chi connectivity index (χ3v) is 2.85. The van der Waals surface area contributed by atoms with Crippen molar-refractivity contribution in [3.05, 3.63) is 12.4 Å². The molecule has 0 radical (unpaired) electrons. The maximum Gasteiger partial charge on any atom is 0.237 e. The van der Waals surface area contributed by atoms with Gasteiger partial charge in [0.1, 0.15) is 6.10 Å². The first-order chi connectivity index (χ1) is 7.84. The fraction of sp³-hybridized carbons (Fsp3) is 0.556. The minimum Gasteiger partial charge on any atom is -0.471 e. The van der Waals surface area contributed by atoms with Crippen molar-refractivity contribution in [2.24, 2.45) is 5.73 Å². The summed E-state index contributed by atoms with van der Waals surface area (Å²) in [5.74, 6) is 0.546. The maximum absolute atomic E-state index is 5.94. The van der Waals surface area contributed by atoms with E-state index < -0.39 is 0 Å². The lowest BCUT2D eigenvalue weighted by molar-refractivity contribution is 0.178. The van der Waals surface area contributed by atoms with Crippen LogP contribution in [0.2, 0.25) is 0 Å². The third-order valence-electron chi connectivity index (χ3n) is 2.85. The first-order valence-electron chi connectivity index (χ1n) is 5.29. The van der Waals surface area contributed by atoms with E-state index in [1.807, 2.05) is 0 Å². The zero-order chi connectivity index (χ0) is 11.0. The SMILES string of the molecule is NC1CCCC1Oc1cncc2nnnn12. The number of tetrazole rings is 1. The van der Waals surface area contributed by atoms with E-state index in [1.165, 1.54) is 4.52 Å². The van der Waals surface area contributed by atoms with E-state index in [1.54, 1.807) is 12.4 Å². The van der Waals surface area contributed by atoms with E-state index in [0.717, 1.165) is 19.3 Å². The summed E-state index contributed by atoms with van der Waals surface area (Å²) in [6.07, 6.45) is 6.31. The van der Waals surface area contributed by atoms with Crippen molar-refractivity contribution in [3.8, 4) is 5.88 Å². The highest BCUT2D eigenvalue weighted by Gasteiger charge is 2.26. The molecule has 0 bridgehead atoms. The van der Waals surface area contributed by atoms with Crippen LogP contribution in [-0.2, 0) is 0 Å². The number of hydrogen-bond donors (Lipinski definition) is 1. The highest BCUT2D eigenvalue weighted by atomic mass is 16.5. The van der Waals surface area contributed by atoms with Crippen molar-refractivity contribution in [2.75, 3.05) is 0 Å². The number of nitrogens with two attached hydrogens (primary N) is 1. The van der Waals surface area contributed by atoms with Crippen LogP contribution in [0.4, 0.5) is 0 Å². The van der Waals surface area contributed by atoms with Crippen molar-refractivity contribution >= 4 is 5.65 Å². The van der Waals surface area contributed by atoms with E-state index >= 15 is 0 Å². The van der Waals surface area contributed by atoms with Crippen LogP contribution in [0, 0.1) is 0 Å². The molecule has 7 heteroatoms. The van der Waals surface area contributed by atoms with Crippen molar-refractivity contribution < 1.29 is 4.74 Å². The van der Waals surface area contributed by atoms with E-state index in [2.05, 4.69) is 20.5 Å². The van der Waals surface area contributed by atoms with Gasteiger partial charge in [-0.25, -0.2) is 0 Å². The van der Waals surface area contributed by atoms with E-state index in [0.29, 0.717) is 11.5 Å². The molecule has 0 aliphatic heterocycles. The van der Waals surface area contributed by atoms with Gasteiger partial charge in [0.2, 0.25) is 11.5 Å². The van der Waals surface area contributed by atoms with Gasteiger partial charge in [-0.1, -0.05) is 0 Å². The van der Waals surface area contributed by atoms with Gasteiger partial charge in [-0.15, -0.1) is 5.10 Å². The molecule has 2 aromatic rings. The van der Waals surface area contributed by atoms with Gasteiger partial charge in [0.05, 0.1) is 12.4 Å². The Kier molecular flexibility index (Phi) is 2.17. The molecule has 2 heterocycles. The summed E-state index contributed by atoms with van der Waals surface area (Å²) in [5.41, 5.74) is 6.51. The maximum atomic E-state index is 5.94. The first-order valence-corrected chi connectivity index (χ1v) is 5.29. The molecule has 0 aromatic carbocycles. The van der Waals surface area contributed by atoms with Crippen molar-refractivity contribution in [3.63, 3.8) is 0 Å². The molecule has 1 saturated carbocycles. The quantitative estimate of drug-likeness (QED) is 0.752. The molecular formula is C9H12N6O. The Balaban J connectivity index is 1.91. The lowest BCUT2D eigenvalue weighted by Gasteiger charge is -2.17. The molecule has 3 rings (SSSR count). The molecule has 7 nitrogen and oxygen atoms in total. The summed E-state index contributed by atoms with van der Waals surface area (Å²) in [5, 5.41) is 11.2. The van der Waals surface area contributed by atoms with Crippen molar-refractivity contribution in [2.45, 2.75) is 31.4 Å². The van der Waals surface area contributed by atoms with Crippen LogP contribution in [0.25, 0.3) is 5.65 Å². The Bertz CT molecular complexity index is 497. The average Bonchev–Trinajstić information content (AvgIpc) is 2.89. The zero-order valence-corrected chi connectivity index (χ0v) is 8.65. The van der Waals surface area contributed by atoms with Gasteiger partial charge in [0.15, 0.2) is 0 Å². The Morgan fingerprint density at radius 1 is 1.38 bits per heavy atom. The van der Waals surface area contributed by atoms with Crippen LogP contribution >= 0.6 is 0 Å². The van der Waals surface area contributed by atoms with Crippen LogP contribution in [0.5, 0.6) is 5.88 Å². The molecule has 2 aromatic heterocycles. The summed E-state index contributed by atoms with van der Waals surface area (Å²) in [4.78, 5) is 4.02. The first kappa shape index (κ1) is 9.46. The van der Waals surface area contributed by atoms with Gasteiger partial charge in [0, 0.05) is 6.04 Å². The van der Waals surface area contributed by atoms with Gasteiger partial charge in [-0.2, -0.15) is 4.52 Å². The van der Waals surface area contributed by atoms with Crippen LogP contribution in [0.3, 0.4) is 0 Å². The monoisotopic (exact) mass is 220 g/mol. The topological polar surface area (TPSA) is 91.2 Å². The molecule has 0 spiro atoms. The zero-order valence-electron chi connectivity index (χ0n) is 8.65. The fourth-order valence-electron chi connectivity index (χ4n) is 1.99. The lowest BCUT2D eigenvalue weighted by atomic mass is 10.2. The summed E-state index contributed by atoms with van der Waals surface area (Å²) in [6.45, 7) is 0. The number of hydrogen-bond acceptors (Lipinski definition) is 6. The fourth-order valence-corrected chi connectivity index (χ4v) is 1.99. The Morgan fingerprint density at radius 3 is 3.12 bits per heavy atom. The Morgan fingerprint density at radius 2 is 2.31 bits per heavy atom. The van der Waals surface area contributed by atoms with Crippen LogP contribution in [0.1, 0.15) is 19.3 Å². The molecule has 2 N–H and O–H groups in total. The number of aromatic nitrogens is 5. The highest BCUT2D eigenvalue weighted by molar-refractivity contribution is 5.34. The molecule has 1 fully saturated rings. The molecule has 16 heavy (non-hydrogen) atoms. The van der Waals surface area contributed by atoms with E-state index in [-0.39, 0.29) is 12.1 Å². The van der Waals surface area contributed by atoms with E-state index in [9.17, 15) is 0 Å². The summed E-state index contributed by atoms with van der Waals surface area (Å²) < 4.78 is 7.32.